The van der Waals surface area contributed by atoms with Crippen molar-refractivity contribution in [3.8, 4) is 0 Å². The van der Waals surface area contributed by atoms with E-state index in [9.17, 15) is 4.79 Å². The summed E-state index contributed by atoms with van der Waals surface area (Å²) in [5, 5.41) is 0. The molecule has 98 valence electrons. The molecule has 0 spiro atoms. The van der Waals surface area contributed by atoms with Crippen LogP contribution < -0.4 is 0 Å². The first-order valence-electron chi connectivity index (χ1n) is 6.84. The van der Waals surface area contributed by atoms with Crippen LogP contribution in [0.5, 0.6) is 0 Å². The maximum atomic E-state index is 11.5. The normalized spacial score (nSPS) is 16.9. The molecule has 1 fully saturated rings. The second-order valence-electron chi connectivity index (χ2n) is 5.85. The van der Waals surface area contributed by atoms with Crippen molar-refractivity contribution in [2.24, 2.45) is 5.92 Å². The van der Waals surface area contributed by atoms with Crippen molar-refractivity contribution in [3.63, 3.8) is 0 Å². The number of hydrogen-bond acceptors (Lipinski definition) is 2. The molecular formula is C15H26O2. The fourth-order valence-corrected chi connectivity index (χ4v) is 2.00. The molecule has 0 aliphatic heterocycles. The first-order chi connectivity index (χ1) is 7.95. The molecule has 0 aromatic heterocycles. The lowest BCUT2D eigenvalue weighted by Gasteiger charge is -2.16. The second-order valence-corrected chi connectivity index (χ2v) is 5.85. The van der Waals surface area contributed by atoms with Gasteiger partial charge in [0.05, 0.1) is 0 Å². The maximum absolute atomic E-state index is 11.5. The first-order valence-corrected chi connectivity index (χ1v) is 6.84. The van der Waals surface area contributed by atoms with Crippen LogP contribution in [0.1, 0.15) is 65.7 Å². The predicted octanol–water partition coefficient (Wildman–Crippen LogP) is 4.24. The van der Waals surface area contributed by atoms with E-state index < -0.39 is 0 Å². The van der Waals surface area contributed by atoms with Gasteiger partial charge < -0.3 is 4.74 Å². The minimum atomic E-state index is -0.218. The Balaban J connectivity index is 2.14. The average Bonchev–Trinajstić information content (AvgIpc) is 2.97. The van der Waals surface area contributed by atoms with Crippen molar-refractivity contribution in [1.82, 2.24) is 0 Å². The van der Waals surface area contributed by atoms with Gasteiger partial charge in [-0.2, -0.15) is 0 Å². The van der Waals surface area contributed by atoms with E-state index in [0.29, 0.717) is 5.57 Å². The summed E-state index contributed by atoms with van der Waals surface area (Å²) in [6.07, 6.45) is 8.14. The third-order valence-corrected chi connectivity index (χ3v) is 3.38. The van der Waals surface area contributed by atoms with Crippen LogP contribution >= 0.6 is 0 Å². The summed E-state index contributed by atoms with van der Waals surface area (Å²) in [6.45, 7) is 9.85. The van der Waals surface area contributed by atoms with Crippen molar-refractivity contribution in [3.05, 3.63) is 12.2 Å². The zero-order chi connectivity index (χ0) is 12.9. The van der Waals surface area contributed by atoms with E-state index >= 15 is 0 Å². The molecule has 0 amide bonds. The minimum Gasteiger partial charge on any atom is -0.456 e. The van der Waals surface area contributed by atoms with Gasteiger partial charge in [0.1, 0.15) is 5.60 Å². The van der Waals surface area contributed by atoms with Crippen molar-refractivity contribution in [2.45, 2.75) is 71.3 Å². The second kappa shape index (κ2) is 6.23. The van der Waals surface area contributed by atoms with E-state index in [-0.39, 0.29) is 11.6 Å². The molecule has 0 radical (unpaired) electrons. The summed E-state index contributed by atoms with van der Waals surface area (Å²) in [6, 6.07) is 0. The summed E-state index contributed by atoms with van der Waals surface area (Å²) >= 11 is 0. The van der Waals surface area contributed by atoms with Gasteiger partial charge in [-0.15, -0.1) is 0 Å². The highest BCUT2D eigenvalue weighted by atomic mass is 16.6. The van der Waals surface area contributed by atoms with Crippen LogP contribution in [0.4, 0.5) is 0 Å². The Morgan fingerprint density at radius 2 is 1.94 bits per heavy atom. The third-order valence-electron chi connectivity index (χ3n) is 3.38. The van der Waals surface area contributed by atoms with Crippen LogP contribution in [0.15, 0.2) is 12.2 Å². The molecule has 0 aromatic rings. The summed E-state index contributed by atoms with van der Waals surface area (Å²) in [5.74, 6) is 0.579. The van der Waals surface area contributed by atoms with Gasteiger partial charge in [-0.25, -0.2) is 4.79 Å². The maximum Gasteiger partial charge on any atom is 0.333 e. The average molecular weight is 238 g/mol. The van der Waals surface area contributed by atoms with E-state index in [0.717, 1.165) is 25.2 Å². The topological polar surface area (TPSA) is 26.3 Å². The fraction of sp³-hybridized carbons (Fsp3) is 0.800. The number of carbonyl (C=O) groups is 1. The van der Waals surface area contributed by atoms with E-state index in [2.05, 4.69) is 20.4 Å². The van der Waals surface area contributed by atoms with Crippen LogP contribution in [-0.4, -0.2) is 11.6 Å². The molecule has 0 heterocycles. The molecule has 0 bridgehead atoms. The lowest BCUT2D eigenvalue weighted by atomic mass is 10.0. The SMILES string of the molecule is C=C(C)C(=O)OC1(CCCCCC(C)C)CC1. The highest BCUT2D eigenvalue weighted by Crippen LogP contribution is 2.44. The van der Waals surface area contributed by atoms with Gasteiger partial charge in [-0.3, -0.25) is 0 Å². The highest BCUT2D eigenvalue weighted by Gasteiger charge is 2.45. The number of esters is 1. The Morgan fingerprint density at radius 3 is 2.41 bits per heavy atom. The predicted molar refractivity (Wildman–Crippen MR) is 70.8 cm³/mol. The van der Waals surface area contributed by atoms with Crippen LogP contribution in [0.2, 0.25) is 0 Å². The molecule has 0 unspecified atom stereocenters. The molecule has 1 rings (SSSR count). The van der Waals surface area contributed by atoms with Gasteiger partial charge in [0, 0.05) is 5.57 Å². The van der Waals surface area contributed by atoms with Gasteiger partial charge in [0.15, 0.2) is 0 Å². The molecule has 1 aliphatic carbocycles. The molecule has 2 heteroatoms. The molecule has 0 atom stereocenters. The van der Waals surface area contributed by atoms with Crippen LogP contribution in [-0.2, 0) is 9.53 Å². The molecular weight excluding hydrogens is 212 g/mol. The van der Waals surface area contributed by atoms with Crippen LogP contribution in [0.3, 0.4) is 0 Å². The zero-order valence-electron chi connectivity index (χ0n) is 11.6. The molecule has 0 saturated heterocycles. The van der Waals surface area contributed by atoms with E-state index in [1.165, 1.54) is 25.7 Å². The van der Waals surface area contributed by atoms with Crippen LogP contribution in [0, 0.1) is 5.92 Å². The smallest absolute Gasteiger partial charge is 0.333 e. The summed E-state index contributed by atoms with van der Waals surface area (Å²) in [4.78, 5) is 11.5. The fourth-order valence-electron chi connectivity index (χ4n) is 2.00. The Bertz CT molecular complexity index is 275. The van der Waals surface area contributed by atoms with E-state index in [4.69, 9.17) is 4.74 Å². The number of rotatable bonds is 8. The monoisotopic (exact) mass is 238 g/mol. The zero-order valence-corrected chi connectivity index (χ0v) is 11.6. The minimum absolute atomic E-state index is 0.117. The van der Waals surface area contributed by atoms with Gasteiger partial charge in [-0.05, 0) is 38.5 Å². The van der Waals surface area contributed by atoms with Gasteiger partial charge in [-0.1, -0.05) is 39.7 Å². The number of unbranched alkanes of at least 4 members (excludes halogenated alkanes) is 2. The molecule has 0 N–H and O–H groups in total. The van der Waals surface area contributed by atoms with Gasteiger partial charge >= 0.3 is 5.97 Å². The molecule has 17 heavy (non-hydrogen) atoms. The van der Waals surface area contributed by atoms with Crippen molar-refractivity contribution < 1.29 is 9.53 Å². The Morgan fingerprint density at radius 1 is 1.29 bits per heavy atom. The standard InChI is InChI=1S/C15H26O2/c1-12(2)8-6-5-7-9-15(10-11-15)17-14(16)13(3)4/h12H,3,5-11H2,1-2,4H3. The largest absolute Gasteiger partial charge is 0.456 e. The third kappa shape index (κ3) is 5.38. The number of hydrogen-bond donors (Lipinski definition) is 0. The van der Waals surface area contributed by atoms with Crippen molar-refractivity contribution >= 4 is 5.97 Å². The summed E-state index contributed by atoms with van der Waals surface area (Å²) < 4.78 is 5.50. The Kier molecular flexibility index (Phi) is 5.23. The molecule has 2 nitrogen and oxygen atoms in total. The Labute approximate surface area is 105 Å². The van der Waals surface area contributed by atoms with E-state index in [1.807, 2.05) is 0 Å². The van der Waals surface area contributed by atoms with Crippen molar-refractivity contribution in [2.75, 3.05) is 0 Å². The first kappa shape index (κ1) is 14.3. The molecule has 0 aromatic carbocycles. The summed E-state index contributed by atoms with van der Waals surface area (Å²) in [5.41, 5.74) is 0.393. The summed E-state index contributed by atoms with van der Waals surface area (Å²) in [7, 11) is 0. The van der Waals surface area contributed by atoms with E-state index in [1.54, 1.807) is 6.92 Å². The molecule has 1 aliphatic rings. The quantitative estimate of drug-likeness (QED) is 0.359. The number of carbonyl (C=O) groups excluding carboxylic acids is 1. The van der Waals surface area contributed by atoms with Gasteiger partial charge in [0.25, 0.3) is 0 Å². The lowest BCUT2D eigenvalue weighted by Crippen LogP contribution is -2.19. The van der Waals surface area contributed by atoms with Crippen molar-refractivity contribution in [1.29, 1.82) is 0 Å². The van der Waals surface area contributed by atoms with Gasteiger partial charge in [0.2, 0.25) is 0 Å². The number of ether oxygens (including phenoxy) is 1. The Hall–Kier alpha value is -0.790. The van der Waals surface area contributed by atoms with Crippen LogP contribution in [0.25, 0.3) is 0 Å². The lowest BCUT2D eigenvalue weighted by molar-refractivity contribution is -0.146. The molecule has 1 saturated carbocycles. The highest BCUT2D eigenvalue weighted by molar-refractivity contribution is 5.87.